The summed E-state index contributed by atoms with van der Waals surface area (Å²) in [6.45, 7) is -2.90. The number of hydrogen-bond donors (Lipinski definition) is 2. The quantitative estimate of drug-likeness (QED) is 0.600. The van der Waals surface area contributed by atoms with Crippen molar-refractivity contribution in [3.8, 4) is 0 Å². The third-order valence-electron chi connectivity index (χ3n) is 2.17. The van der Waals surface area contributed by atoms with Crippen LogP contribution in [0.25, 0.3) is 0 Å². The summed E-state index contributed by atoms with van der Waals surface area (Å²) in [5.41, 5.74) is -0.552. The Morgan fingerprint density at radius 3 is 2.55 bits per heavy atom. The van der Waals surface area contributed by atoms with Crippen LogP contribution in [0.4, 0.5) is 14.5 Å². The normalized spacial score (nSPS) is 12.4. The van der Waals surface area contributed by atoms with Gasteiger partial charge in [0.05, 0.1) is 16.5 Å². The number of non-ortho nitro benzene ring substituents is 1. The summed E-state index contributed by atoms with van der Waals surface area (Å²) in [5.74, 6) is -3.65. The van der Waals surface area contributed by atoms with Gasteiger partial charge in [-0.15, -0.1) is 0 Å². The molecule has 1 aromatic carbocycles. The SMILES string of the molecule is O=[N+]([O-])c1ccc(Cl)c(S(=O)(=O)NCC(F)(F)CO)c1. The molecule has 0 radical (unpaired) electrons. The summed E-state index contributed by atoms with van der Waals surface area (Å²) < 4.78 is 50.6. The van der Waals surface area contributed by atoms with Crippen molar-refractivity contribution in [3.05, 3.63) is 33.3 Å². The van der Waals surface area contributed by atoms with Gasteiger partial charge in [-0.2, -0.15) is 0 Å². The smallest absolute Gasteiger partial charge is 0.283 e. The molecule has 0 atom stereocenters. The van der Waals surface area contributed by atoms with Crippen molar-refractivity contribution >= 4 is 27.3 Å². The first-order valence-electron chi connectivity index (χ1n) is 5.01. The first-order chi connectivity index (χ1) is 9.09. The molecule has 0 saturated carbocycles. The van der Waals surface area contributed by atoms with Gasteiger partial charge in [0.15, 0.2) is 0 Å². The Morgan fingerprint density at radius 1 is 1.45 bits per heavy atom. The second kappa shape index (κ2) is 5.95. The molecule has 0 bridgehead atoms. The molecule has 0 heterocycles. The highest BCUT2D eigenvalue weighted by atomic mass is 35.5. The van der Waals surface area contributed by atoms with Crippen molar-refractivity contribution < 1.29 is 27.2 Å². The highest BCUT2D eigenvalue weighted by Crippen LogP contribution is 2.26. The molecule has 0 aliphatic rings. The zero-order valence-electron chi connectivity index (χ0n) is 9.72. The van der Waals surface area contributed by atoms with Crippen molar-refractivity contribution in [2.75, 3.05) is 13.2 Å². The number of sulfonamides is 1. The summed E-state index contributed by atoms with van der Waals surface area (Å²) in [6, 6.07) is 2.60. The standard InChI is InChI=1S/C9H9ClF2N2O5S/c10-7-2-1-6(14(16)17)3-8(7)20(18,19)13-4-9(11,12)5-15/h1-3,13,15H,4-5H2. The van der Waals surface area contributed by atoms with Gasteiger partial charge in [-0.1, -0.05) is 11.6 Å². The Hall–Kier alpha value is -1.36. The van der Waals surface area contributed by atoms with E-state index in [9.17, 15) is 27.3 Å². The fourth-order valence-corrected chi connectivity index (χ4v) is 2.73. The Labute approximate surface area is 117 Å². The Kier molecular flexibility index (Phi) is 4.97. The van der Waals surface area contributed by atoms with Gasteiger partial charge in [-0.25, -0.2) is 21.9 Å². The first-order valence-corrected chi connectivity index (χ1v) is 6.87. The molecule has 1 aromatic rings. The number of halogens is 3. The average Bonchev–Trinajstić information content (AvgIpc) is 2.37. The number of benzene rings is 1. The predicted octanol–water partition coefficient (Wildman–Crippen LogP) is 1.15. The number of rotatable bonds is 6. The van der Waals surface area contributed by atoms with Crippen molar-refractivity contribution in [1.29, 1.82) is 0 Å². The van der Waals surface area contributed by atoms with Crippen molar-refractivity contribution in [1.82, 2.24) is 4.72 Å². The van der Waals surface area contributed by atoms with E-state index in [0.717, 1.165) is 12.1 Å². The molecule has 2 N–H and O–H groups in total. The number of aliphatic hydroxyl groups is 1. The zero-order chi connectivity index (χ0) is 15.6. The van der Waals surface area contributed by atoms with Gasteiger partial charge in [-0.3, -0.25) is 10.1 Å². The Morgan fingerprint density at radius 2 is 2.05 bits per heavy atom. The van der Waals surface area contributed by atoms with Crippen LogP contribution in [-0.4, -0.2) is 37.5 Å². The molecule has 0 spiro atoms. The number of nitrogens with one attached hydrogen (secondary N) is 1. The number of aliphatic hydroxyl groups excluding tert-OH is 1. The third-order valence-corrected chi connectivity index (χ3v) is 4.05. The van der Waals surface area contributed by atoms with Crippen molar-refractivity contribution in [2.45, 2.75) is 10.8 Å². The lowest BCUT2D eigenvalue weighted by Crippen LogP contribution is -2.39. The molecular formula is C9H9ClF2N2O5S. The van der Waals surface area contributed by atoms with Crippen LogP contribution in [0, 0.1) is 10.1 Å². The van der Waals surface area contributed by atoms with E-state index in [-0.39, 0.29) is 5.02 Å². The lowest BCUT2D eigenvalue weighted by molar-refractivity contribution is -0.385. The molecule has 1 rings (SSSR count). The molecule has 0 aromatic heterocycles. The molecule has 0 saturated heterocycles. The van der Waals surface area contributed by atoms with Crippen LogP contribution in [-0.2, 0) is 10.0 Å². The second-order valence-electron chi connectivity index (χ2n) is 3.71. The van der Waals surface area contributed by atoms with Crippen LogP contribution < -0.4 is 4.72 Å². The maximum Gasteiger partial charge on any atom is 0.283 e. The number of nitrogens with zero attached hydrogens (tertiary/aromatic N) is 1. The highest BCUT2D eigenvalue weighted by molar-refractivity contribution is 7.89. The lowest BCUT2D eigenvalue weighted by atomic mass is 10.3. The molecule has 7 nitrogen and oxygen atoms in total. The van der Waals surface area contributed by atoms with Gasteiger partial charge in [-0.05, 0) is 6.07 Å². The minimum Gasteiger partial charge on any atom is -0.390 e. The van der Waals surface area contributed by atoms with E-state index < -0.39 is 44.6 Å². The minimum atomic E-state index is -4.47. The number of nitro benzene ring substituents is 1. The molecule has 11 heteroatoms. The van der Waals surface area contributed by atoms with Crippen LogP contribution in [0.5, 0.6) is 0 Å². The largest absolute Gasteiger partial charge is 0.390 e. The van der Waals surface area contributed by atoms with E-state index in [4.69, 9.17) is 16.7 Å². The third kappa shape index (κ3) is 4.07. The number of nitro groups is 1. The maximum absolute atomic E-state index is 12.8. The number of alkyl halides is 2. The summed E-state index contributed by atoms with van der Waals surface area (Å²) in [7, 11) is -4.47. The molecule has 0 aliphatic carbocycles. The molecule has 20 heavy (non-hydrogen) atoms. The van der Waals surface area contributed by atoms with Crippen LogP contribution in [0.3, 0.4) is 0 Å². The second-order valence-corrected chi connectivity index (χ2v) is 5.85. The van der Waals surface area contributed by atoms with E-state index in [1.165, 1.54) is 4.72 Å². The van der Waals surface area contributed by atoms with E-state index in [0.29, 0.717) is 6.07 Å². The highest BCUT2D eigenvalue weighted by Gasteiger charge is 2.31. The molecule has 0 unspecified atom stereocenters. The van der Waals surface area contributed by atoms with Gasteiger partial charge in [0.25, 0.3) is 11.6 Å². The van der Waals surface area contributed by atoms with Gasteiger partial charge >= 0.3 is 0 Å². The van der Waals surface area contributed by atoms with Gasteiger partial charge in [0.2, 0.25) is 10.0 Å². The Balaban J connectivity index is 3.09. The van der Waals surface area contributed by atoms with Crippen molar-refractivity contribution in [3.63, 3.8) is 0 Å². The molecule has 0 fully saturated rings. The van der Waals surface area contributed by atoms with E-state index in [1.54, 1.807) is 0 Å². The van der Waals surface area contributed by atoms with Crippen LogP contribution in [0.2, 0.25) is 5.02 Å². The van der Waals surface area contributed by atoms with Gasteiger partial charge in [0.1, 0.15) is 11.5 Å². The maximum atomic E-state index is 12.8. The molecule has 0 amide bonds. The Bertz CT molecular complexity index is 623. The first kappa shape index (κ1) is 16.7. The topological polar surface area (TPSA) is 110 Å². The van der Waals surface area contributed by atoms with E-state index in [1.807, 2.05) is 0 Å². The van der Waals surface area contributed by atoms with Gasteiger partial charge < -0.3 is 5.11 Å². The monoisotopic (exact) mass is 330 g/mol. The summed E-state index contributed by atoms with van der Waals surface area (Å²) in [4.78, 5) is 9.01. The van der Waals surface area contributed by atoms with Crippen molar-refractivity contribution in [2.24, 2.45) is 0 Å². The minimum absolute atomic E-state index is 0.351. The number of hydrogen-bond acceptors (Lipinski definition) is 5. The van der Waals surface area contributed by atoms with E-state index in [2.05, 4.69) is 0 Å². The lowest BCUT2D eigenvalue weighted by Gasteiger charge is -2.14. The molecule has 112 valence electrons. The molecular weight excluding hydrogens is 322 g/mol. The predicted molar refractivity (Wildman–Crippen MR) is 65.3 cm³/mol. The fourth-order valence-electron chi connectivity index (χ4n) is 1.15. The summed E-state index contributed by atoms with van der Waals surface area (Å²) in [6.07, 6.45) is 0. The van der Waals surface area contributed by atoms with Crippen LogP contribution in [0.1, 0.15) is 0 Å². The van der Waals surface area contributed by atoms with E-state index >= 15 is 0 Å². The van der Waals surface area contributed by atoms with Gasteiger partial charge in [0, 0.05) is 12.1 Å². The fraction of sp³-hybridized carbons (Fsp3) is 0.333. The summed E-state index contributed by atoms with van der Waals surface area (Å²) >= 11 is 5.59. The average molecular weight is 331 g/mol. The van der Waals surface area contributed by atoms with Crippen LogP contribution >= 0.6 is 11.6 Å². The van der Waals surface area contributed by atoms with Crippen LogP contribution in [0.15, 0.2) is 23.1 Å². The molecule has 0 aliphatic heterocycles. The summed E-state index contributed by atoms with van der Waals surface area (Å²) in [5, 5.41) is 18.5. The zero-order valence-corrected chi connectivity index (χ0v) is 11.3.